The van der Waals surface area contributed by atoms with E-state index in [-0.39, 0.29) is 34.6 Å². The molecule has 1 aromatic rings. The van der Waals surface area contributed by atoms with Gasteiger partial charge in [-0.3, -0.25) is 9.69 Å². The summed E-state index contributed by atoms with van der Waals surface area (Å²) < 4.78 is 46.3. The van der Waals surface area contributed by atoms with Gasteiger partial charge < -0.3 is 10.1 Å². The van der Waals surface area contributed by atoms with Crippen LogP contribution in [0, 0.1) is 23.6 Å². The molecular weight excluding hydrogens is 473 g/mol. The smallest absolute Gasteiger partial charge is 0.410 e. The Bertz CT molecular complexity index is 1020. The van der Waals surface area contributed by atoms with Crippen LogP contribution in [0.2, 0.25) is 0 Å². The molecule has 10 heteroatoms. The fourth-order valence-corrected chi connectivity index (χ4v) is 6.52. The summed E-state index contributed by atoms with van der Waals surface area (Å²) in [6.45, 7) is 9.99. The number of nitrogens with one attached hydrogen (secondary N) is 1. The van der Waals surface area contributed by atoms with Crippen LogP contribution in [0.15, 0.2) is 29.2 Å². The summed E-state index contributed by atoms with van der Waals surface area (Å²) in [4.78, 5) is 27.4. The zero-order valence-corrected chi connectivity index (χ0v) is 22.3. The van der Waals surface area contributed by atoms with Gasteiger partial charge in [-0.15, -0.1) is 0 Å². The summed E-state index contributed by atoms with van der Waals surface area (Å²) in [5, 5.41) is 3.11. The molecule has 1 heterocycles. The molecule has 0 aromatic heterocycles. The van der Waals surface area contributed by atoms with Crippen molar-refractivity contribution >= 4 is 22.0 Å². The van der Waals surface area contributed by atoms with Crippen LogP contribution in [0.4, 0.5) is 9.18 Å². The number of benzene rings is 1. The van der Waals surface area contributed by atoms with Gasteiger partial charge in [-0.25, -0.2) is 17.6 Å². The van der Waals surface area contributed by atoms with E-state index in [1.807, 2.05) is 13.8 Å². The van der Waals surface area contributed by atoms with Crippen LogP contribution in [0.3, 0.4) is 0 Å². The predicted molar refractivity (Wildman–Crippen MR) is 131 cm³/mol. The molecule has 4 atom stereocenters. The first-order chi connectivity index (χ1) is 16.2. The number of fused-ring (bicyclic) bond motifs is 1. The van der Waals surface area contributed by atoms with E-state index in [2.05, 4.69) is 5.32 Å². The van der Waals surface area contributed by atoms with E-state index in [1.54, 1.807) is 27.8 Å². The number of sulfonamides is 1. The first kappa shape index (κ1) is 27.4. The first-order valence-corrected chi connectivity index (χ1v) is 13.6. The van der Waals surface area contributed by atoms with Gasteiger partial charge in [-0.1, -0.05) is 13.8 Å². The van der Waals surface area contributed by atoms with Crippen molar-refractivity contribution < 1.29 is 27.1 Å². The molecule has 196 valence electrons. The van der Waals surface area contributed by atoms with Crippen molar-refractivity contribution in [2.45, 2.75) is 76.5 Å². The molecule has 1 aromatic carbocycles. The molecule has 1 aliphatic heterocycles. The zero-order valence-electron chi connectivity index (χ0n) is 21.5. The molecule has 1 unspecified atom stereocenters. The Labute approximate surface area is 208 Å². The lowest BCUT2D eigenvalue weighted by Gasteiger charge is -2.32. The Kier molecular flexibility index (Phi) is 8.16. The predicted octanol–water partition coefficient (Wildman–Crippen LogP) is 3.62. The van der Waals surface area contributed by atoms with Crippen molar-refractivity contribution in [2.24, 2.45) is 17.8 Å². The van der Waals surface area contributed by atoms with Gasteiger partial charge in [0.25, 0.3) is 0 Å². The standard InChI is InChI=1S/C25H38FN3O5S/c1-16(2)13-22(28(6)24(31)34-25(3,4)5)23(30)27-21-12-7-17-14-29(15-20(17)21)35(32,33)19-10-8-18(26)9-11-19/h8-11,16-17,20-22H,7,12-15H2,1-6H3,(H,27,30)/t17-,20+,21+,22?/m0/s1. The zero-order chi connectivity index (χ0) is 26.1. The number of hydrogen-bond acceptors (Lipinski definition) is 5. The monoisotopic (exact) mass is 511 g/mol. The maximum atomic E-state index is 13.3. The molecule has 1 aliphatic carbocycles. The number of nitrogens with zero attached hydrogens (tertiary/aromatic N) is 2. The summed E-state index contributed by atoms with van der Waals surface area (Å²) in [7, 11) is -2.17. The van der Waals surface area contributed by atoms with E-state index >= 15 is 0 Å². The second-order valence-corrected chi connectivity index (χ2v) is 13.1. The van der Waals surface area contributed by atoms with Crippen molar-refractivity contribution in [3.63, 3.8) is 0 Å². The Morgan fingerprint density at radius 2 is 1.80 bits per heavy atom. The fourth-order valence-electron chi connectivity index (χ4n) is 4.98. The largest absolute Gasteiger partial charge is 0.444 e. The van der Waals surface area contributed by atoms with E-state index in [0.717, 1.165) is 25.0 Å². The van der Waals surface area contributed by atoms with Crippen LogP contribution in [-0.4, -0.2) is 67.4 Å². The van der Waals surface area contributed by atoms with Gasteiger partial charge in [0, 0.05) is 26.2 Å². The topological polar surface area (TPSA) is 96.0 Å². The molecule has 3 rings (SSSR count). The van der Waals surface area contributed by atoms with E-state index in [0.29, 0.717) is 19.5 Å². The summed E-state index contributed by atoms with van der Waals surface area (Å²) >= 11 is 0. The number of rotatable bonds is 7. The molecule has 1 N–H and O–H groups in total. The highest BCUT2D eigenvalue weighted by Gasteiger charge is 2.47. The SMILES string of the molecule is CC(C)CC(C(=O)N[C@@H]1CC[C@H]2CN(S(=O)(=O)c3ccc(F)cc3)C[C@H]21)N(C)C(=O)OC(C)(C)C. The van der Waals surface area contributed by atoms with E-state index < -0.39 is 33.6 Å². The lowest BCUT2D eigenvalue weighted by Crippen LogP contribution is -2.52. The van der Waals surface area contributed by atoms with Crippen molar-refractivity contribution in [3.05, 3.63) is 30.1 Å². The molecule has 1 saturated heterocycles. The van der Waals surface area contributed by atoms with Crippen molar-refractivity contribution in [1.29, 1.82) is 0 Å². The third kappa shape index (κ3) is 6.52. The summed E-state index contributed by atoms with van der Waals surface area (Å²) in [6.07, 6.45) is 1.49. The van der Waals surface area contributed by atoms with Gasteiger partial charge in [0.15, 0.2) is 0 Å². The fraction of sp³-hybridized carbons (Fsp3) is 0.680. The minimum atomic E-state index is -3.74. The third-order valence-electron chi connectivity index (χ3n) is 6.75. The first-order valence-electron chi connectivity index (χ1n) is 12.2. The maximum Gasteiger partial charge on any atom is 0.410 e. The van der Waals surface area contributed by atoms with Gasteiger partial charge in [-0.05, 0) is 82.1 Å². The van der Waals surface area contributed by atoms with Crippen LogP contribution in [0.5, 0.6) is 0 Å². The van der Waals surface area contributed by atoms with Crippen LogP contribution in [0.1, 0.15) is 53.9 Å². The molecule has 0 spiro atoms. The summed E-state index contributed by atoms with van der Waals surface area (Å²) in [6, 6.07) is 3.97. The Hall–Kier alpha value is -2.20. The average molecular weight is 512 g/mol. The number of ether oxygens (including phenoxy) is 1. The average Bonchev–Trinajstić information content (AvgIpc) is 3.33. The summed E-state index contributed by atoms with van der Waals surface area (Å²) in [5.74, 6) is -0.437. The van der Waals surface area contributed by atoms with Crippen molar-refractivity contribution in [1.82, 2.24) is 14.5 Å². The molecule has 2 amide bonds. The molecule has 8 nitrogen and oxygen atoms in total. The number of carbonyl (C=O) groups is 2. The molecular formula is C25H38FN3O5S. The number of carbonyl (C=O) groups excluding carboxylic acids is 2. The molecule has 35 heavy (non-hydrogen) atoms. The summed E-state index contributed by atoms with van der Waals surface area (Å²) in [5.41, 5.74) is -0.674. The third-order valence-corrected chi connectivity index (χ3v) is 8.59. The van der Waals surface area contributed by atoms with Gasteiger partial charge in [0.2, 0.25) is 15.9 Å². The minimum absolute atomic E-state index is 0.0132. The molecule has 2 aliphatic rings. The second kappa shape index (κ2) is 10.4. The lowest BCUT2D eigenvalue weighted by molar-refractivity contribution is -0.127. The van der Waals surface area contributed by atoms with Crippen LogP contribution in [-0.2, 0) is 19.6 Å². The molecule has 1 saturated carbocycles. The quantitative estimate of drug-likeness (QED) is 0.603. The van der Waals surface area contributed by atoms with E-state index in [9.17, 15) is 22.4 Å². The van der Waals surface area contributed by atoms with Gasteiger partial charge in [0.05, 0.1) is 4.90 Å². The Morgan fingerprint density at radius 3 is 2.37 bits per heavy atom. The highest BCUT2D eigenvalue weighted by molar-refractivity contribution is 7.89. The second-order valence-electron chi connectivity index (χ2n) is 11.1. The minimum Gasteiger partial charge on any atom is -0.444 e. The van der Waals surface area contributed by atoms with E-state index in [1.165, 1.54) is 21.3 Å². The molecule has 0 bridgehead atoms. The number of likely N-dealkylation sites (N-methyl/N-ethyl adjacent to an activating group) is 1. The highest BCUT2D eigenvalue weighted by Crippen LogP contribution is 2.40. The Morgan fingerprint density at radius 1 is 1.17 bits per heavy atom. The number of hydrogen-bond donors (Lipinski definition) is 1. The van der Waals surface area contributed by atoms with Crippen LogP contribution in [0.25, 0.3) is 0 Å². The van der Waals surface area contributed by atoms with Crippen LogP contribution >= 0.6 is 0 Å². The van der Waals surface area contributed by atoms with Gasteiger partial charge in [-0.2, -0.15) is 4.31 Å². The van der Waals surface area contributed by atoms with Gasteiger partial charge in [0.1, 0.15) is 17.5 Å². The van der Waals surface area contributed by atoms with Crippen LogP contribution < -0.4 is 5.32 Å². The number of halogens is 1. The maximum absolute atomic E-state index is 13.3. The number of amides is 2. The Balaban J connectivity index is 1.69. The van der Waals surface area contributed by atoms with Gasteiger partial charge >= 0.3 is 6.09 Å². The molecule has 0 radical (unpaired) electrons. The highest BCUT2D eigenvalue weighted by atomic mass is 32.2. The van der Waals surface area contributed by atoms with Crippen molar-refractivity contribution in [2.75, 3.05) is 20.1 Å². The van der Waals surface area contributed by atoms with E-state index in [4.69, 9.17) is 4.74 Å². The molecule has 2 fully saturated rings. The van der Waals surface area contributed by atoms with Crippen molar-refractivity contribution in [3.8, 4) is 0 Å². The lowest BCUT2D eigenvalue weighted by atomic mass is 9.96. The normalized spacial score (nSPS) is 23.7.